The summed E-state index contributed by atoms with van der Waals surface area (Å²) in [6.07, 6.45) is 0.234. The number of fused-ring (bicyclic) bond motifs is 1. The molecule has 1 aliphatic rings. The van der Waals surface area contributed by atoms with Crippen LogP contribution in [0.25, 0.3) is 10.8 Å². The third-order valence-corrected chi connectivity index (χ3v) is 6.01. The Hall–Kier alpha value is -2.41. The fourth-order valence-electron chi connectivity index (χ4n) is 2.94. The van der Waals surface area contributed by atoms with Crippen molar-refractivity contribution in [3.63, 3.8) is 0 Å². The number of carbonyl (C=O) groups is 2. The fraction of sp³-hybridized carbons (Fsp3) is 0.294. The van der Waals surface area contributed by atoms with Crippen LogP contribution in [-0.2, 0) is 19.4 Å². The van der Waals surface area contributed by atoms with Crippen molar-refractivity contribution in [1.82, 2.24) is 5.32 Å². The van der Waals surface area contributed by atoms with Crippen molar-refractivity contribution in [3.8, 4) is 0 Å². The number of nitrogens with one attached hydrogen (secondary N) is 1. The number of carboxylic acid groups (broad SMARTS) is 1. The van der Waals surface area contributed by atoms with Gasteiger partial charge in [0, 0.05) is 0 Å². The molecule has 1 saturated heterocycles. The molecule has 2 unspecified atom stereocenters. The summed E-state index contributed by atoms with van der Waals surface area (Å²) in [5.74, 6) is -2.64. The van der Waals surface area contributed by atoms with E-state index in [4.69, 9.17) is 0 Å². The maximum Gasteiger partial charge on any atom is 0.330 e. The second-order valence-corrected chi connectivity index (χ2v) is 8.22. The fourth-order valence-corrected chi connectivity index (χ4v) is 4.68. The van der Waals surface area contributed by atoms with Crippen LogP contribution in [-0.4, -0.2) is 36.9 Å². The molecule has 2 aromatic rings. The molecule has 1 amide bonds. The van der Waals surface area contributed by atoms with Crippen LogP contribution in [0, 0.1) is 5.92 Å². The smallest absolute Gasteiger partial charge is 0.330 e. The van der Waals surface area contributed by atoms with Crippen molar-refractivity contribution >= 4 is 32.5 Å². The van der Waals surface area contributed by atoms with Gasteiger partial charge in [-0.25, -0.2) is 13.2 Å². The van der Waals surface area contributed by atoms with E-state index < -0.39 is 33.7 Å². The quantitative estimate of drug-likeness (QED) is 0.873. The van der Waals surface area contributed by atoms with Gasteiger partial charge in [-0.3, -0.25) is 4.79 Å². The van der Waals surface area contributed by atoms with Crippen molar-refractivity contribution in [2.24, 2.45) is 5.92 Å². The molecule has 0 bridgehead atoms. The molecule has 24 heavy (non-hydrogen) atoms. The largest absolute Gasteiger partial charge is 0.479 e. The first-order valence-corrected chi connectivity index (χ1v) is 9.40. The van der Waals surface area contributed by atoms with Crippen molar-refractivity contribution in [3.05, 3.63) is 48.0 Å². The molecule has 6 nitrogen and oxygen atoms in total. The highest BCUT2D eigenvalue weighted by atomic mass is 32.2. The zero-order valence-corrected chi connectivity index (χ0v) is 13.6. The predicted octanol–water partition coefficient (Wildman–Crippen LogP) is 1.52. The predicted molar refractivity (Wildman–Crippen MR) is 89.2 cm³/mol. The third kappa shape index (κ3) is 3.41. The highest BCUT2D eigenvalue weighted by molar-refractivity contribution is 7.91. The van der Waals surface area contributed by atoms with Crippen LogP contribution >= 0.6 is 0 Å². The summed E-state index contributed by atoms with van der Waals surface area (Å²) in [6.45, 7) is 0. The topological polar surface area (TPSA) is 101 Å². The van der Waals surface area contributed by atoms with Crippen LogP contribution in [0.5, 0.6) is 0 Å². The van der Waals surface area contributed by atoms with Gasteiger partial charge in [0.05, 0.1) is 17.4 Å². The standard InChI is InChI=1S/C17H17NO5S/c19-16(14-7-8-24(22,23)10-14)18-15(17(20)21)13-6-5-11-3-1-2-4-12(11)9-13/h1-6,9,14-15H,7-8,10H2,(H,18,19)(H,20,21). The van der Waals surface area contributed by atoms with Crippen LogP contribution in [0.15, 0.2) is 42.5 Å². The zero-order valence-electron chi connectivity index (χ0n) is 12.8. The SMILES string of the molecule is O=C(NC(C(=O)O)c1ccc2ccccc2c1)C1CCS(=O)(=O)C1. The number of carbonyl (C=O) groups excluding carboxylic acids is 1. The van der Waals surface area contributed by atoms with Gasteiger partial charge in [-0.1, -0.05) is 36.4 Å². The van der Waals surface area contributed by atoms with Gasteiger partial charge in [0.15, 0.2) is 15.9 Å². The molecule has 0 aromatic heterocycles. The Bertz CT molecular complexity index is 906. The minimum Gasteiger partial charge on any atom is -0.479 e. The summed E-state index contributed by atoms with van der Waals surface area (Å²) < 4.78 is 23.0. The molecule has 0 radical (unpaired) electrons. The number of benzene rings is 2. The molecule has 2 N–H and O–H groups in total. The van der Waals surface area contributed by atoms with Gasteiger partial charge in [0.2, 0.25) is 5.91 Å². The lowest BCUT2D eigenvalue weighted by Crippen LogP contribution is -2.38. The Labute approximate surface area is 139 Å². The Morgan fingerprint density at radius 1 is 1.12 bits per heavy atom. The van der Waals surface area contributed by atoms with E-state index in [-0.39, 0.29) is 17.9 Å². The van der Waals surface area contributed by atoms with E-state index in [1.165, 1.54) is 0 Å². The molecule has 1 fully saturated rings. The molecule has 7 heteroatoms. The second kappa shape index (κ2) is 6.24. The van der Waals surface area contributed by atoms with Crippen LogP contribution in [0.4, 0.5) is 0 Å². The van der Waals surface area contributed by atoms with E-state index in [9.17, 15) is 23.1 Å². The molecule has 2 aromatic carbocycles. The number of hydrogen-bond donors (Lipinski definition) is 2. The van der Waals surface area contributed by atoms with E-state index in [1.54, 1.807) is 18.2 Å². The second-order valence-electron chi connectivity index (χ2n) is 5.99. The lowest BCUT2D eigenvalue weighted by molar-refractivity contribution is -0.142. The van der Waals surface area contributed by atoms with E-state index in [2.05, 4.69) is 5.32 Å². The summed E-state index contributed by atoms with van der Waals surface area (Å²) in [5.41, 5.74) is 0.454. The maximum atomic E-state index is 12.2. The molecule has 1 heterocycles. The van der Waals surface area contributed by atoms with Gasteiger partial charge in [-0.15, -0.1) is 0 Å². The van der Waals surface area contributed by atoms with Crippen molar-refractivity contribution in [1.29, 1.82) is 0 Å². The molecular formula is C17H17NO5S. The Balaban J connectivity index is 1.84. The molecule has 1 aliphatic heterocycles. The van der Waals surface area contributed by atoms with E-state index in [1.807, 2.05) is 24.3 Å². The van der Waals surface area contributed by atoms with Crippen molar-refractivity contribution < 1.29 is 23.1 Å². The van der Waals surface area contributed by atoms with Gasteiger partial charge in [-0.05, 0) is 28.8 Å². The van der Waals surface area contributed by atoms with E-state index in [0.29, 0.717) is 5.56 Å². The first-order chi connectivity index (χ1) is 11.4. The number of hydrogen-bond acceptors (Lipinski definition) is 4. The summed E-state index contributed by atoms with van der Waals surface area (Å²) in [7, 11) is -3.20. The molecule has 0 aliphatic carbocycles. The summed E-state index contributed by atoms with van der Waals surface area (Å²) >= 11 is 0. The van der Waals surface area contributed by atoms with Gasteiger partial charge in [0.1, 0.15) is 0 Å². The Morgan fingerprint density at radius 2 is 1.83 bits per heavy atom. The number of rotatable bonds is 4. The first kappa shape index (κ1) is 16.4. The third-order valence-electron chi connectivity index (χ3n) is 4.24. The van der Waals surface area contributed by atoms with E-state index >= 15 is 0 Å². The summed E-state index contributed by atoms with van der Waals surface area (Å²) in [5, 5.41) is 13.8. The van der Waals surface area contributed by atoms with Gasteiger partial charge < -0.3 is 10.4 Å². The number of aliphatic carboxylic acids is 1. The average molecular weight is 347 g/mol. The lowest BCUT2D eigenvalue weighted by atomic mass is 10.0. The van der Waals surface area contributed by atoms with Crippen LogP contribution in [0.2, 0.25) is 0 Å². The van der Waals surface area contributed by atoms with Gasteiger partial charge in [0.25, 0.3) is 0 Å². The lowest BCUT2D eigenvalue weighted by Gasteiger charge is -2.17. The molecule has 2 atom stereocenters. The van der Waals surface area contributed by atoms with Gasteiger partial charge in [-0.2, -0.15) is 0 Å². The maximum absolute atomic E-state index is 12.2. The van der Waals surface area contributed by atoms with Crippen molar-refractivity contribution in [2.45, 2.75) is 12.5 Å². The molecule has 126 valence electrons. The number of sulfone groups is 1. The Morgan fingerprint density at radius 3 is 2.46 bits per heavy atom. The molecule has 0 spiro atoms. The van der Waals surface area contributed by atoms with Gasteiger partial charge >= 0.3 is 5.97 Å². The molecule has 3 rings (SSSR count). The van der Waals surface area contributed by atoms with Crippen LogP contribution in [0.3, 0.4) is 0 Å². The average Bonchev–Trinajstić information content (AvgIpc) is 2.92. The highest BCUT2D eigenvalue weighted by Gasteiger charge is 2.35. The number of carboxylic acids is 1. The molecular weight excluding hydrogens is 330 g/mol. The molecule has 0 saturated carbocycles. The minimum atomic E-state index is -3.20. The van der Waals surface area contributed by atoms with Crippen LogP contribution in [0.1, 0.15) is 18.0 Å². The highest BCUT2D eigenvalue weighted by Crippen LogP contribution is 2.23. The number of amides is 1. The van der Waals surface area contributed by atoms with Crippen LogP contribution < -0.4 is 5.32 Å². The summed E-state index contributed by atoms with van der Waals surface area (Å²) in [4.78, 5) is 23.8. The minimum absolute atomic E-state index is 0.0290. The normalized spacial score (nSPS) is 20.6. The first-order valence-electron chi connectivity index (χ1n) is 7.58. The van der Waals surface area contributed by atoms with Crippen molar-refractivity contribution in [2.75, 3.05) is 11.5 Å². The monoisotopic (exact) mass is 347 g/mol. The van der Waals surface area contributed by atoms with E-state index in [0.717, 1.165) is 10.8 Å². The summed E-state index contributed by atoms with van der Waals surface area (Å²) in [6, 6.07) is 11.5. The zero-order chi connectivity index (χ0) is 17.3. The Kier molecular flexibility index (Phi) is 4.28.